The Kier molecular flexibility index (Phi) is 10.8. The molecule has 1 fully saturated rings. The van der Waals surface area contributed by atoms with Crippen LogP contribution in [0.4, 0.5) is 4.79 Å². The van der Waals surface area contributed by atoms with Gasteiger partial charge < -0.3 is 14.1 Å². The third-order valence-electron chi connectivity index (χ3n) is 7.52. The first-order valence-corrected chi connectivity index (χ1v) is 16.1. The molecule has 1 aliphatic heterocycles. The number of rotatable bonds is 14. The molecule has 34 heavy (non-hydrogen) atoms. The molecule has 1 amide bonds. The van der Waals surface area contributed by atoms with E-state index in [9.17, 15) is 9.59 Å². The zero-order valence-electron chi connectivity index (χ0n) is 22.6. The normalized spacial score (nSPS) is 19.9. The van der Waals surface area contributed by atoms with Crippen LogP contribution in [0.3, 0.4) is 0 Å². The average Bonchev–Trinajstić information content (AvgIpc) is 3.06. The maximum absolute atomic E-state index is 13.1. The zero-order chi connectivity index (χ0) is 25.4. The highest BCUT2D eigenvalue weighted by Crippen LogP contribution is 2.41. The van der Waals surface area contributed by atoms with Gasteiger partial charge in [-0.2, -0.15) is 0 Å². The number of hydrogen-bond acceptors (Lipinski definition) is 4. The SMILES string of the molecule is CCCCCCCCCC(=O)CC(O[Si](C)(C)C(C)(C)C)[C@@H]1[C@@H](c2ccccc2)OC(=O)N1C. The molecule has 0 bridgehead atoms. The Labute approximate surface area is 208 Å². The lowest BCUT2D eigenvalue weighted by Crippen LogP contribution is -2.51. The molecule has 1 saturated heterocycles. The lowest BCUT2D eigenvalue weighted by Gasteiger charge is -2.42. The van der Waals surface area contributed by atoms with Gasteiger partial charge in [-0.25, -0.2) is 4.79 Å². The van der Waals surface area contributed by atoms with Crippen molar-refractivity contribution in [2.75, 3.05) is 7.05 Å². The molecule has 1 aromatic carbocycles. The number of likely N-dealkylation sites (N-methyl/N-ethyl adjacent to an activating group) is 1. The van der Waals surface area contributed by atoms with Crippen molar-refractivity contribution in [3.8, 4) is 0 Å². The summed E-state index contributed by atoms with van der Waals surface area (Å²) in [5, 5.41) is -0.00290. The zero-order valence-corrected chi connectivity index (χ0v) is 23.6. The Morgan fingerprint density at radius 1 is 1.06 bits per heavy atom. The van der Waals surface area contributed by atoms with Crippen molar-refractivity contribution in [1.82, 2.24) is 4.90 Å². The Bertz CT molecular complexity index is 774. The number of carbonyl (C=O) groups is 2. The van der Waals surface area contributed by atoms with E-state index in [1.54, 1.807) is 11.9 Å². The molecule has 3 atom stereocenters. The van der Waals surface area contributed by atoms with E-state index in [2.05, 4.69) is 40.8 Å². The molecular weight excluding hydrogens is 442 g/mol. The first kappa shape index (κ1) is 28.6. The molecule has 2 rings (SSSR count). The highest BCUT2D eigenvalue weighted by molar-refractivity contribution is 6.74. The van der Waals surface area contributed by atoms with E-state index in [-0.39, 0.29) is 29.1 Å². The summed E-state index contributed by atoms with van der Waals surface area (Å²) in [5.41, 5.74) is 0.938. The van der Waals surface area contributed by atoms with Crippen LogP contribution in [0.15, 0.2) is 30.3 Å². The van der Waals surface area contributed by atoms with Gasteiger partial charge in [0.1, 0.15) is 11.8 Å². The third kappa shape index (κ3) is 7.94. The molecule has 6 heteroatoms. The largest absolute Gasteiger partial charge is 0.439 e. The van der Waals surface area contributed by atoms with Crippen LogP contribution in [0, 0.1) is 0 Å². The van der Waals surface area contributed by atoms with Crippen LogP contribution in [0.1, 0.15) is 97.1 Å². The van der Waals surface area contributed by atoms with Gasteiger partial charge >= 0.3 is 6.09 Å². The minimum absolute atomic E-state index is 0.00290. The molecule has 0 spiro atoms. The van der Waals surface area contributed by atoms with Gasteiger partial charge in [-0.3, -0.25) is 4.79 Å². The number of amides is 1. The summed E-state index contributed by atoms with van der Waals surface area (Å²) < 4.78 is 12.6. The maximum Gasteiger partial charge on any atom is 0.410 e. The molecule has 0 aromatic heterocycles. The van der Waals surface area contributed by atoms with Crippen LogP contribution in [0.5, 0.6) is 0 Å². The van der Waals surface area contributed by atoms with Crippen molar-refractivity contribution in [3.05, 3.63) is 35.9 Å². The average molecular weight is 490 g/mol. The number of nitrogens with zero attached hydrogens (tertiary/aromatic N) is 1. The first-order valence-electron chi connectivity index (χ1n) is 13.2. The summed E-state index contributed by atoms with van der Waals surface area (Å²) in [7, 11) is -0.424. The monoisotopic (exact) mass is 489 g/mol. The van der Waals surface area contributed by atoms with Crippen LogP contribution in [-0.4, -0.2) is 44.3 Å². The van der Waals surface area contributed by atoms with Gasteiger partial charge in [-0.1, -0.05) is 96.6 Å². The van der Waals surface area contributed by atoms with Gasteiger partial charge in [-0.15, -0.1) is 0 Å². The van der Waals surface area contributed by atoms with Gasteiger partial charge in [0.05, 0.1) is 6.10 Å². The van der Waals surface area contributed by atoms with E-state index in [4.69, 9.17) is 9.16 Å². The smallest absolute Gasteiger partial charge is 0.410 e. The van der Waals surface area contributed by atoms with Gasteiger partial charge in [0.25, 0.3) is 0 Å². The molecule has 0 radical (unpaired) electrons. The van der Waals surface area contributed by atoms with E-state index in [0.717, 1.165) is 18.4 Å². The number of unbranched alkanes of at least 4 members (excludes halogenated alkanes) is 6. The molecule has 0 aliphatic carbocycles. The molecule has 1 aliphatic rings. The fourth-order valence-electron chi connectivity index (χ4n) is 4.33. The minimum Gasteiger partial charge on any atom is -0.439 e. The predicted octanol–water partition coefficient (Wildman–Crippen LogP) is 7.67. The van der Waals surface area contributed by atoms with Gasteiger partial charge in [0.15, 0.2) is 14.4 Å². The standard InChI is InChI=1S/C28H47NO4Si/c1-8-9-10-11-12-13-17-20-23(30)21-24(33-34(6,7)28(2,3)4)25-26(32-27(31)29(25)5)22-18-15-14-16-19-22/h14-16,18-19,24-26H,8-13,17,20-21H2,1-7H3/t24?,25-,26-/m1/s1. The number of hydrogen-bond donors (Lipinski definition) is 0. The fourth-order valence-corrected chi connectivity index (χ4v) is 5.66. The van der Waals surface area contributed by atoms with Crippen molar-refractivity contribution >= 4 is 20.2 Å². The summed E-state index contributed by atoms with van der Waals surface area (Å²) in [6, 6.07) is 9.49. The Morgan fingerprint density at radius 2 is 1.65 bits per heavy atom. The molecule has 1 aromatic rings. The molecule has 0 saturated carbocycles. The van der Waals surface area contributed by atoms with Crippen LogP contribution in [-0.2, 0) is 14.0 Å². The van der Waals surface area contributed by atoms with E-state index >= 15 is 0 Å². The number of benzene rings is 1. The lowest BCUT2D eigenvalue weighted by molar-refractivity contribution is -0.121. The molecular formula is C28H47NO4Si. The van der Waals surface area contributed by atoms with Crippen molar-refractivity contribution in [2.24, 2.45) is 0 Å². The second-order valence-corrected chi connectivity index (χ2v) is 16.1. The van der Waals surface area contributed by atoms with E-state index in [1.165, 1.54) is 32.1 Å². The molecule has 5 nitrogen and oxygen atoms in total. The summed E-state index contributed by atoms with van der Waals surface area (Å²) in [5.74, 6) is 0.219. The van der Waals surface area contributed by atoms with Crippen molar-refractivity contribution in [2.45, 2.75) is 122 Å². The summed E-state index contributed by atoms with van der Waals surface area (Å²) in [4.78, 5) is 27.4. The maximum atomic E-state index is 13.1. The fraction of sp³-hybridized carbons (Fsp3) is 0.714. The summed E-state index contributed by atoms with van der Waals surface area (Å²) in [6.45, 7) is 13.2. The molecule has 1 unspecified atom stereocenters. The van der Waals surface area contributed by atoms with Crippen LogP contribution in [0.25, 0.3) is 0 Å². The molecule has 1 heterocycles. The summed E-state index contributed by atoms with van der Waals surface area (Å²) >= 11 is 0. The first-order chi connectivity index (χ1) is 16.0. The summed E-state index contributed by atoms with van der Waals surface area (Å²) in [6.07, 6.45) is 8.01. The Balaban J connectivity index is 2.15. The quantitative estimate of drug-likeness (QED) is 0.199. The van der Waals surface area contributed by atoms with Gasteiger partial charge in [-0.05, 0) is 30.1 Å². The van der Waals surface area contributed by atoms with Crippen molar-refractivity contribution in [1.29, 1.82) is 0 Å². The lowest BCUT2D eigenvalue weighted by atomic mass is 9.93. The second kappa shape index (κ2) is 12.9. The molecule has 0 N–H and O–H groups in total. The second-order valence-electron chi connectivity index (χ2n) is 11.3. The van der Waals surface area contributed by atoms with Crippen LogP contribution in [0.2, 0.25) is 18.1 Å². The number of cyclic esters (lactones) is 1. The highest BCUT2D eigenvalue weighted by atomic mass is 28.4. The van der Waals surface area contributed by atoms with Crippen molar-refractivity contribution < 1.29 is 18.8 Å². The Morgan fingerprint density at radius 3 is 2.24 bits per heavy atom. The number of ether oxygens (including phenoxy) is 1. The predicted molar refractivity (Wildman–Crippen MR) is 142 cm³/mol. The third-order valence-corrected chi connectivity index (χ3v) is 12.0. The number of Topliss-reactive ketones (excluding diaryl/α,β-unsaturated/α-hetero) is 1. The minimum atomic E-state index is -2.19. The topological polar surface area (TPSA) is 55.8 Å². The molecule has 192 valence electrons. The van der Waals surface area contributed by atoms with E-state index < -0.39 is 14.4 Å². The van der Waals surface area contributed by atoms with Crippen LogP contribution >= 0.6 is 0 Å². The number of ketones is 1. The van der Waals surface area contributed by atoms with Crippen molar-refractivity contribution in [3.63, 3.8) is 0 Å². The Hall–Kier alpha value is -1.66. The number of carbonyl (C=O) groups excluding carboxylic acids is 2. The van der Waals surface area contributed by atoms with Gasteiger partial charge in [0, 0.05) is 19.9 Å². The van der Waals surface area contributed by atoms with E-state index in [0.29, 0.717) is 12.8 Å². The van der Waals surface area contributed by atoms with Crippen LogP contribution < -0.4 is 0 Å². The van der Waals surface area contributed by atoms with Gasteiger partial charge in [0.2, 0.25) is 0 Å². The van der Waals surface area contributed by atoms with E-state index in [1.807, 2.05) is 30.3 Å². The highest BCUT2D eigenvalue weighted by Gasteiger charge is 2.49.